The minimum atomic E-state index is 0.0404. The van der Waals surface area contributed by atoms with Gasteiger partial charge in [0.25, 0.3) is 0 Å². The molecular formula is C13H16O. The Bertz CT molecular complexity index is 388. The van der Waals surface area contributed by atoms with Crippen molar-refractivity contribution >= 4 is 5.78 Å². The molecule has 0 N–H and O–H groups in total. The Balaban J connectivity index is 2.58. The smallest absolute Gasteiger partial charge is 0.164 e. The van der Waals surface area contributed by atoms with Crippen molar-refractivity contribution in [2.24, 2.45) is 0 Å². The van der Waals surface area contributed by atoms with Gasteiger partial charge < -0.3 is 0 Å². The third-order valence-corrected chi connectivity index (χ3v) is 3.12. The Morgan fingerprint density at radius 3 is 2.71 bits per heavy atom. The van der Waals surface area contributed by atoms with Gasteiger partial charge in [-0.05, 0) is 29.0 Å². The molecule has 0 fully saturated rings. The Morgan fingerprint density at radius 2 is 2.07 bits per heavy atom. The molecule has 0 unspecified atom stereocenters. The molecule has 14 heavy (non-hydrogen) atoms. The number of aryl methyl sites for hydroxylation is 1. The second-order valence-electron chi connectivity index (χ2n) is 4.72. The van der Waals surface area contributed by atoms with E-state index in [9.17, 15) is 4.79 Å². The van der Waals surface area contributed by atoms with Crippen LogP contribution in [0.3, 0.4) is 0 Å². The number of fused-ring (bicyclic) bond motifs is 1. The van der Waals surface area contributed by atoms with Crippen LogP contribution >= 0.6 is 0 Å². The first-order valence-corrected chi connectivity index (χ1v) is 5.21. The van der Waals surface area contributed by atoms with E-state index in [1.165, 1.54) is 11.1 Å². The van der Waals surface area contributed by atoms with Crippen molar-refractivity contribution in [2.75, 3.05) is 0 Å². The molecule has 0 aromatic heterocycles. The molecule has 1 nitrogen and oxygen atoms in total. The first kappa shape index (κ1) is 9.45. The fraction of sp³-hybridized carbons (Fsp3) is 0.462. The average molecular weight is 188 g/mol. The van der Waals surface area contributed by atoms with E-state index in [0.717, 1.165) is 12.0 Å². The van der Waals surface area contributed by atoms with Crippen LogP contribution in [0, 0.1) is 0 Å². The van der Waals surface area contributed by atoms with E-state index in [-0.39, 0.29) is 5.41 Å². The van der Waals surface area contributed by atoms with Crippen molar-refractivity contribution in [1.29, 1.82) is 0 Å². The minimum absolute atomic E-state index is 0.0404. The van der Waals surface area contributed by atoms with Gasteiger partial charge in [0.15, 0.2) is 5.78 Å². The third kappa shape index (κ3) is 1.28. The highest BCUT2D eigenvalue weighted by molar-refractivity contribution is 6.02. The highest BCUT2D eigenvalue weighted by Gasteiger charge is 2.35. The van der Waals surface area contributed by atoms with Crippen LogP contribution in [0.5, 0.6) is 0 Å². The summed E-state index contributed by atoms with van der Waals surface area (Å²) in [6.07, 6.45) is 1.66. The predicted octanol–water partition coefficient (Wildman–Crippen LogP) is 3.11. The SMILES string of the molecule is CCc1ccc2c(c1)C(=O)CC2(C)C. The topological polar surface area (TPSA) is 17.1 Å². The Morgan fingerprint density at radius 1 is 1.36 bits per heavy atom. The predicted molar refractivity (Wildman–Crippen MR) is 57.8 cm³/mol. The van der Waals surface area contributed by atoms with Crippen LogP contribution in [0.25, 0.3) is 0 Å². The lowest BCUT2D eigenvalue weighted by atomic mass is 9.86. The van der Waals surface area contributed by atoms with E-state index < -0.39 is 0 Å². The Kier molecular flexibility index (Phi) is 1.99. The maximum atomic E-state index is 11.7. The van der Waals surface area contributed by atoms with Crippen molar-refractivity contribution in [1.82, 2.24) is 0 Å². The lowest BCUT2D eigenvalue weighted by Gasteiger charge is -2.17. The van der Waals surface area contributed by atoms with Crippen LogP contribution in [0.4, 0.5) is 0 Å². The van der Waals surface area contributed by atoms with Crippen LogP contribution in [0.2, 0.25) is 0 Å². The van der Waals surface area contributed by atoms with Crippen molar-refractivity contribution in [3.8, 4) is 0 Å². The van der Waals surface area contributed by atoms with E-state index in [2.05, 4.69) is 39.0 Å². The van der Waals surface area contributed by atoms with Crippen molar-refractivity contribution in [2.45, 2.75) is 39.0 Å². The van der Waals surface area contributed by atoms with E-state index in [4.69, 9.17) is 0 Å². The number of hydrogen-bond acceptors (Lipinski definition) is 1. The Hall–Kier alpha value is -1.11. The summed E-state index contributed by atoms with van der Waals surface area (Å²) in [6.45, 7) is 6.40. The van der Waals surface area contributed by atoms with Gasteiger partial charge in [0, 0.05) is 12.0 Å². The molecule has 1 aromatic carbocycles. The zero-order valence-electron chi connectivity index (χ0n) is 9.05. The van der Waals surface area contributed by atoms with E-state index in [1.54, 1.807) is 0 Å². The normalized spacial score (nSPS) is 18.4. The molecule has 0 aliphatic heterocycles. The maximum Gasteiger partial charge on any atom is 0.164 e. The molecule has 0 radical (unpaired) electrons. The third-order valence-electron chi connectivity index (χ3n) is 3.12. The van der Waals surface area contributed by atoms with Gasteiger partial charge in [0.1, 0.15) is 0 Å². The number of carbonyl (C=O) groups is 1. The molecule has 0 amide bonds. The summed E-state index contributed by atoms with van der Waals surface area (Å²) in [5.41, 5.74) is 3.47. The molecule has 1 aliphatic rings. The monoisotopic (exact) mass is 188 g/mol. The standard InChI is InChI=1S/C13H16O/c1-4-9-5-6-11-10(7-9)12(14)8-13(11,2)3/h5-7H,4,8H2,1-3H3. The molecule has 2 rings (SSSR count). The summed E-state index contributed by atoms with van der Waals surface area (Å²) in [5, 5.41) is 0. The lowest BCUT2D eigenvalue weighted by molar-refractivity contribution is 0.0979. The zero-order valence-corrected chi connectivity index (χ0v) is 9.05. The molecule has 1 aliphatic carbocycles. The average Bonchev–Trinajstić information content (AvgIpc) is 2.37. The summed E-state index contributed by atoms with van der Waals surface area (Å²) in [6, 6.07) is 6.32. The van der Waals surface area contributed by atoms with Gasteiger partial charge in [0.2, 0.25) is 0 Å². The summed E-state index contributed by atoms with van der Waals surface area (Å²) >= 11 is 0. The van der Waals surface area contributed by atoms with Crippen LogP contribution in [0.1, 0.15) is 48.7 Å². The maximum absolute atomic E-state index is 11.7. The van der Waals surface area contributed by atoms with Crippen molar-refractivity contribution < 1.29 is 4.79 Å². The fourth-order valence-electron chi connectivity index (χ4n) is 2.22. The highest BCUT2D eigenvalue weighted by atomic mass is 16.1. The van der Waals surface area contributed by atoms with E-state index >= 15 is 0 Å². The lowest BCUT2D eigenvalue weighted by Crippen LogP contribution is -2.12. The fourth-order valence-corrected chi connectivity index (χ4v) is 2.22. The minimum Gasteiger partial charge on any atom is -0.294 e. The van der Waals surface area contributed by atoms with Gasteiger partial charge in [0.05, 0.1) is 0 Å². The molecule has 0 spiro atoms. The van der Waals surface area contributed by atoms with E-state index in [1.807, 2.05) is 0 Å². The summed E-state index contributed by atoms with van der Waals surface area (Å²) < 4.78 is 0. The second kappa shape index (κ2) is 2.94. The van der Waals surface area contributed by atoms with E-state index in [0.29, 0.717) is 12.2 Å². The van der Waals surface area contributed by atoms with Crippen LogP contribution in [-0.2, 0) is 11.8 Å². The molecular weight excluding hydrogens is 172 g/mol. The molecule has 74 valence electrons. The van der Waals surface area contributed by atoms with Crippen molar-refractivity contribution in [3.05, 3.63) is 34.9 Å². The quantitative estimate of drug-likeness (QED) is 0.661. The number of benzene rings is 1. The zero-order chi connectivity index (χ0) is 10.3. The van der Waals surface area contributed by atoms with Gasteiger partial charge >= 0.3 is 0 Å². The molecule has 1 heteroatoms. The van der Waals surface area contributed by atoms with Gasteiger partial charge in [-0.15, -0.1) is 0 Å². The van der Waals surface area contributed by atoms with Crippen LogP contribution in [-0.4, -0.2) is 5.78 Å². The second-order valence-corrected chi connectivity index (χ2v) is 4.72. The number of ketones is 1. The molecule has 0 heterocycles. The van der Waals surface area contributed by atoms with Crippen LogP contribution < -0.4 is 0 Å². The number of rotatable bonds is 1. The number of Topliss-reactive ketones (excluding diaryl/α,β-unsaturated/α-hetero) is 1. The van der Waals surface area contributed by atoms with Gasteiger partial charge in [-0.1, -0.05) is 32.9 Å². The molecule has 0 atom stereocenters. The number of hydrogen-bond donors (Lipinski definition) is 0. The summed E-state index contributed by atoms with van der Waals surface area (Å²) in [5.74, 6) is 0.306. The largest absolute Gasteiger partial charge is 0.294 e. The van der Waals surface area contributed by atoms with Crippen molar-refractivity contribution in [3.63, 3.8) is 0 Å². The Labute approximate surface area is 85.1 Å². The first-order chi connectivity index (χ1) is 6.54. The summed E-state index contributed by atoms with van der Waals surface area (Å²) in [7, 11) is 0. The van der Waals surface area contributed by atoms with Crippen LogP contribution in [0.15, 0.2) is 18.2 Å². The molecule has 1 aromatic rings. The molecule has 0 saturated carbocycles. The van der Waals surface area contributed by atoms with Gasteiger partial charge in [-0.3, -0.25) is 4.79 Å². The first-order valence-electron chi connectivity index (χ1n) is 5.21. The number of carbonyl (C=O) groups excluding carboxylic acids is 1. The molecule has 0 saturated heterocycles. The highest BCUT2D eigenvalue weighted by Crippen LogP contribution is 2.38. The van der Waals surface area contributed by atoms with Gasteiger partial charge in [-0.25, -0.2) is 0 Å². The molecule has 0 bridgehead atoms. The van der Waals surface area contributed by atoms with Gasteiger partial charge in [-0.2, -0.15) is 0 Å². The summed E-state index contributed by atoms with van der Waals surface area (Å²) in [4.78, 5) is 11.7.